The summed E-state index contributed by atoms with van der Waals surface area (Å²) < 4.78 is 16.2. The molecule has 138 valence electrons. The van der Waals surface area contributed by atoms with Crippen LogP contribution < -0.4 is 14.8 Å². The summed E-state index contributed by atoms with van der Waals surface area (Å²) in [6.45, 7) is 2.03. The Balaban J connectivity index is 1.52. The van der Waals surface area contributed by atoms with Crippen molar-refractivity contribution in [2.24, 2.45) is 0 Å². The van der Waals surface area contributed by atoms with E-state index in [0.29, 0.717) is 22.2 Å². The van der Waals surface area contributed by atoms with Crippen molar-refractivity contribution in [3.8, 4) is 22.8 Å². The smallest absolute Gasteiger partial charge is 0.277 e. The summed E-state index contributed by atoms with van der Waals surface area (Å²) in [5.41, 5.74) is 2.70. The van der Waals surface area contributed by atoms with Gasteiger partial charge in [-0.3, -0.25) is 4.79 Å². The number of aromatic nitrogens is 1. The van der Waals surface area contributed by atoms with Gasteiger partial charge in [-0.05, 0) is 48.9 Å². The van der Waals surface area contributed by atoms with Crippen molar-refractivity contribution in [2.45, 2.75) is 19.4 Å². The van der Waals surface area contributed by atoms with E-state index in [4.69, 9.17) is 25.6 Å². The molecule has 1 atom stereocenters. The lowest BCUT2D eigenvalue weighted by atomic mass is 10.1. The van der Waals surface area contributed by atoms with Crippen molar-refractivity contribution in [3.05, 3.63) is 58.7 Å². The molecule has 0 saturated heterocycles. The zero-order valence-electron chi connectivity index (χ0n) is 14.8. The van der Waals surface area contributed by atoms with E-state index < -0.39 is 0 Å². The second-order valence-corrected chi connectivity index (χ2v) is 6.74. The highest BCUT2D eigenvalue weighted by Crippen LogP contribution is 2.33. The highest BCUT2D eigenvalue weighted by atomic mass is 35.5. The van der Waals surface area contributed by atoms with Crippen molar-refractivity contribution in [3.63, 3.8) is 0 Å². The second-order valence-electron chi connectivity index (χ2n) is 6.33. The number of hydrogen-bond acceptors (Lipinski definition) is 5. The molecular formula is C20H17ClN2O4. The summed E-state index contributed by atoms with van der Waals surface area (Å²) in [5, 5.41) is 7.03. The van der Waals surface area contributed by atoms with Crippen LogP contribution in [0.25, 0.3) is 11.3 Å². The lowest BCUT2D eigenvalue weighted by Gasteiger charge is -2.06. The maximum absolute atomic E-state index is 12.4. The van der Waals surface area contributed by atoms with Gasteiger partial charge in [0.1, 0.15) is 17.6 Å². The van der Waals surface area contributed by atoms with Gasteiger partial charge in [-0.25, -0.2) is 0 Å². The summed E-state index contributed by atoms with van der Waals surface area (Å²) in [6, 6.07) is 12.4. The molecule has 0 radical (unpaired) electrons. The minimum absolute atomic E-state index is 0.169. The van der Waals surface area contributed by atoms with Gasteiger partial charge in [-0.15, -0.1) is 0 Å². The first kappa shape index (κ1) is 17.4. The quantitative estimate of drug-likeness (QED) is 0.712. The first-order valence-corrected chi connectivity index (χ1v) is 8.83. The molecule has 1 aliphatic rings. The van der Waals surface area contributed by atoms with Crippen LogP contribution in [0.1, 0.15) is 23.0 Å². The number of halogens is 1. The normalized spacial score (nSPS) is 15.1. The molecule has 7 heteroatoms. The standard InChI is InChI=1S/C20H17ClN2O4/c1-11-7-13-8-12(3-5-17(13)26-11)19-10-16(23-27-19)20(24)22-14-4-6-18(25-2)15(21)9-14/h3-6,8-11H,7H2,1-2H3,(H,22,24)/t11-/m0/s1. The Bertz CT molecular complexity index is 1010. The van der Waals surface area contributed by atoms with Crippen LogP contribution in [0.5, 0.6) is 11.5 Å². The van der Waals surface area contributed by atoms with Gasteiger partial charge >= 0.3 is 0 Å². The van der Waals surface area contributed by atoms with Crippen molar-refractivity contribution in [1.29, 1.82) is 0 Å². The first-order valence-electron chi connectivity index (χ1n) is 8.45. The van der Waals surface area contributed by atoms with E-state index in [-0.39, 0.29) is 17.7 Å². The number of hydrogen-bond donors (Lipinski definition) is 1. The van der Waals surface area contributed by atoms with E-state index in [0.717, 1.165) is 23.3 Å². The Hall–Kier alpha value is -2.99. The summed E-state index contributed by atoms with van der Waals surface area (Å²) in [4.78, 5) is 12.4. The average molecular weight is 385 g/mol. The maximum atomic E-state index is 12.4. The molecule has 0 fully saturated rings. The molecule has 0 saturated carbocycles. The summed E-state index contributed by atoms with van der Waals surface area (Å²) in [5.74, 6) is 1.56. The molecule has 1 aliphatic heterocycles. The molecule has 0 bridgehead atoms. The van der Waals surface area contributed by atoms with Crippen LogP contribution in [0, 0.1) is 0 Å². The van der Waals surface area contributed by atoms with Gasteiger partial charge in [0.2, 0.25) is 0 Å². The molecule has 6 nitrogen and oxygen atoms in total. The minimum Gasteiger partial charge on any atom is -0.495 e. The zero-order chi connectivity index (χ0) is 19.0. The predicted molar refractivity (Wildman–Crippen MR) is 102 cm³/mol. The van der Waals surface area contributed by atoms with Crippen molar-refractivity contribution < 1.29 is 18.8 Å². The fraction of sp³-hybridized carbons (Fsp3) is 0.200. The van der Waals surface area contributed by atoms with Crippen LogP contribution >= 0.6 is 11.6 Å². The number of methoxy groups -OCH3 is 1. The fourth-order valence-corrected chi connectivity index (χ4v) is 3.29. The van der Waals surface area contributed by atoms with Crippen LogP contribution in [-0.4, -0.2) is 24.3 Å². The number of rotatable bonds is 4. The zero-order valence-corrected chi connectivity index (χ0v) is 15.5. The lowest BCUT2D eigenvalue weighted by molar-refractivity contribution is 0.101. The molecular weight excluding hydrogens is 368 g/mol. The number of nitrogens with one attached hydrogen (secondary N) is 1. The molecule has 0 spiro atoms. The maximum Gasteiger partial charge on any atom is 0.277 e. The molecule has 1 N–H and O–H groups in total. The molecule has 0 unspecified atom stereocenters. The lowest BCUT2D eigenvalue weighted by Crippen LogP contribution is -2.12. The second kappa shape index (κ2) is 6.96. The largest absolute Gasteiger partial charge is 0.495 e. The van der Waals surface area contributed by atoms with Crippen molar-refractivity contribution in [1.82, 2.24) is 5.16 Å². The van der Waals surface area contributed by atoms with E-state index in [9.17, 15) is 4.79 Å². The molecule has 2 heterocycles. The third-order valence-electron chi connectivity index (χ3n) is 4.33. The van der Waals surface area contributed by atoms with E-state index in [1.54, 1.807) is 24.3 Å². The van der Waals surface area contributed by atoms with Gasteiger partial charge in [0, 0.05) is 23.7 Å². The van der Waals surface area contributed by atoms with Gasteiger partial charge < -0.3 is 19.3 Å². The molecule has 4 rings (SSSR count). The number of ether oxygens (including phenoxy) is 2. The number of anilines is 1. The van der Waals surface area contributed by atoms with Gasteiger partial charge in [0.15, 0.2) is 11.5 Å². The van der Waals surface area contributed by atoms with Crippen molar-refractivity contribution in [2.75, 3.05) is 12.4 Å². The van der Waals surface area contributed by atoms with Gasteiger partial charge in [0.05, 0.1) is 12.1 Å². The van der Waals surface area contributed by atoms with Gasteiger partial charge in [-0.2, -0.15) is 0 Å². The highest BCUT2D eigenvalue weighted by molar-refractivity contribution is 6.32. The molecule has 27 heavy (non-hydrogen) atoms. The van der Waals surface area contributed by atoms with Crippen LogP contribution in [0.2, 0.25) is 5.02 Å². The molecule has 0 aliphatic carbocycles. The molecule has 1 amide bonds. The van der Waals surface area contributed by atoms with Crippen LogP contribution in [0.15, 0.2) is 47.0 Å². The van der Waals surface area contributed by atoms with Crippen LogP contribution in [-0.2, 0) is 6.42 Å². The Morgan fingerprint density at radius 1 is 1.26 bits per heavy atom. The van der Waals surface area contributed by atoms with E-state index >= 15 is 0 Å². The Kier molecular flexibility index (Phi) is 4.49. The third kappa shape index (κ3) is 3.48. The summed E-state index contributed by atoms with van der Waals surface area (Å²) >= 11 is 6.08. The topological polar surface area (TPSA) is 73.6 Å². The predicted octanol–water partition coefficient (Wildman–Crippen LogP) is 4.58. The molecule has 3 aromatic rings. The van der Waals surface area contributed by atoms with E-state index in [1.807, 2.05) is 25.1 Å². The van der Waals surface area contributed by atoms with E-state index in [1.165, 1.54) is 7.11 Å². The first-order chi connectivity index (χ1) is 13.0. The Morgan fingerprint density at radius 3 is 2.89 bits per heavy atom. The average Bonchev–Trinajstić information content (AvgIpc) is 3.27. The van der Waals surface area contributed by atoms with Crippen molar-refractivity contribution >= 4 is 23.2 Å². The van der Waals surface area contributed by atoms with Gasteiger partial charge in [0.25, 0.3) is 5.91 Å². The fourth-order valence-electron chi connectivity index (χ4n) is 3.03. The van der Waals surface area contributed by atoms with Crippen LogP contribution in [0.4, 0.5) is 5.69 Å². The number of carbonyl (C=O) groups excluding carboxylic acids is 1. The van der Waals surface area contributed by atoms with Crippen LogP contribution in [0.3, 0.4) is 0 Å². The summed E-state index contributed by atoms with van der Waals surface area (Å²) in [7, 11) is 1.53. The monoisotopic (exact) mass is 384 g/mol. The Morgan fingerprint density at radius 2 is 2.11 bits per heavy atom. The number of amides is 1. The molecule has 2 aromatic carbocycles. The van der Waals surface area contributed by atoms with Gasteiger partial charge in [-0.1, -0.05) is 16.8 Å². The minimum atomic E-state index is -0.385. The third-order valence-corrected chi connectivity index (χ3v) is 4.63. The van der Waals surface area contributed by atoms with E-state index in [2.05, 4.69) is 10.5 Å². The Labute approximate surface area is 161 Å². The summed E-state index contributed by atoms with van der Waals surface area (Å²) in [6.07, 6.45) is 1.02. The number of fused-ring (bicyclic) bond motifs is 1. The SMILES string of the molecule is COc1ccc(NC(=O)c2cc(-c3ccc4c(c3)C[C@H](C)O4)on2)cc1Cl. The molecule has 1 aromatic heterocycles. The number of nitrogens with zero attached hydrogens (tertiary/aromatic N) is 1. The number of benzene rings is 2. The highest BCUT2D eigenvalue weighted by Gasteiger charge is 2.21. The number of carbonyl (C=O) groups is 1.